The third kappa shape index (κ3) is 12.0. The fourth-order valence-electron chi connectivity index (χ4n) is 0.221. The van der Waals surface area contributed by atoms with Crippen molar-refractivity contribution in [2.45, 2.75) is 0 Å². The molecule has 1 aromatic heterocycles. The van der Waals surface area contributed by atoms with Crippen LogP contribution in [0.25, 0.3) is 0 Å². The second-order valence-corrected chi connectivity index (χ2v) is 1.34. The summed E-state index contributed by atoms with van der Waals surface area (Å²) < 4.78 is 39.0. The molecule has 0 radical (unpaired) electrons. The summed E-state index contributed by atoms with van der Waals surface area (Å²) >= 11 is 0. The molecule has 0 aliphatic rings. The van der Waals surface area contributed by atoms with Gasteiger partial charge in [-0.3, -0.25) is 0 Å². The Balaban J connectivity index is 0.000000187. The van der Waals surface area contributed by atoms with E-state index in [1.165, 1.54) is 12.4 Å². The van der Waals surface area contributed by atoms with Crippen LogP contribution in [0.3, 0.4) is 0 Å². The van der Waals surface area contributed by atoms with E-state index in [1.807, 2.05) is 0 Å². The molecular formula is C2H3BF4N3O-. The average Bonchev–Trinajstić information content (AvgIpc) is 2.12. The van der Waals surface area contributed by atoms with E-state index >= 15 is 0 Å². The molecule has 0 aliphatic heterocycles. The van der Waals surface area contributed by atoms with E-state index in [4.69, 9.17) is 0 Å². The summed E-state index contributed by atoms with van der Waals surface area (Å²) in [5.41, 5.74) is 0. The van der Waals surface area contributed by atoms with E-state index in [-0.39, 0.29) is 0 Å². The van der Waals surface area contributed by atoms with Crippen LogP contribution in [-0.4, -0.2) is 17.6 Å². The lowest BCUT2D eigenvalue weighted by atomic mass is 10.3. The van der Waals surface area contributed by atoms with Gasteiger partial charge >= 0.3 is 7.25 Å². The fourth-order valence-corrected chi connectivity index (χ4v) is 0.221. The second kappa shape index (κ2) is 3.79. The first-order valence-corrected chi connectivity index (χ1v) is 2.36. The lowest BCUT2D eigenvalue weighted by Crippen LogP contribution is -2.26. The quantitative estimate of drug-likeness (QED) is 0.265. The summed E-state index contributed by atoms with van der Waals surface area (Å²) in [5, 5.41) is 15.3. The molecule has 0 aromatic carbocycles. The highest BCUT2D eigenvalue weighted by Gasteiger charge is 2.20. The Morgan fingerprint density at radius 2 is 1.82 bits per heavy atom. The molecule has 0 saturated heterocycles. The van der Waals surface area contributed by atoms with Crippen LogP contribution in [0.5, 0.6) is 0 Å². The van der Waals surface area contributed by atoms with Crippen LogP contribution in [0.1, 0.15) is 0 Å². The normalized spacial score (nSPS) is 10.2. The highest BCUT2D eigenvalue weighted by atomic mass is 19.5. The van der Waals surface area contributed by atoms with Crippen LogP contribution in [0.15, 0.2) is 12.4 Å². The summed E-state index contributed by atoms with van der Waals surface area (Å²) in [4.78, 5) is 0.444. The molecule has 0 amide bonds. The molecule has 9 heteroatoms. The van der Waals surface area contributed by atoms with Crippen molar-refractivity contribution < 1.29 is 22.1 Å². The summed E-state index contributed by atoms with van der Waals surface area (Å²) in [6.45, 7) is 0. The zero-order valence-electron chi connectivity index (χ0n) is 5.05. The third-order valence-corrected chi connectivity index (χ3v) is 0.433. The van der Waals surface area contributed by atoms with Gasteiger partial charge in [-0.1, -0.05) is 0 Å². The smallest absolute Gasteiger partial charge is 0.673 e. The van der Waals surface area contributed by atoms with Gasteiger partial charge in [0.1, 0.15) is 0 Å². The highest BCUT2D eigenvalue weighted by Crippen LogP contribution is 2.06. The van der Waals surface area contributed by atoms with Crippen LogP contribution in [-0.2, 0) is 0 Å². The average molecular weight is 172 g/mol. The molecule has 1 aromatic rings. The number of nitrogens with one attached hydrogen (secondary N) is 1. The Hall–Kier alpha value is -1.28. The van der Waals surface area contributed by atoms with Crippen molar-refractivity contribution in [1.29, 1.82) is 0 Å². The van der Waals surface area contributed by atoms with Gasteiger partial charge < -0.3 is 22.5 Å². The van der Waals surface area contributed by atoms with Gasteiger partial charge in [-0.15, -0.1) is 4.85 Å². The van der Waals surface area contributed by atoms with Crippen LogP contribution >= 0.6 is 0 Å². The molecule has 0 saturated carbocycles. The number of aromatic amines is 1. The molecule has 11 heavy (non-hydrogen) atoms. The molecule has 0 aliphatic carbocycles. The number of rotatable bonds is 0. The van der Waals surface area contributed by atoms with Crippen molar-refractivity contribution in [2.24, 2.45) is 0 Å². The molecular weight excluding hydrogens is 169 g/mol. The van der Waals surface area contributed by atoms with Gasteiger partial charge in [-0.2, -0.15) is 5.10 Å². The first-order chi connectivity index (χ1) is 4.89. The minimum atomic E-state index is -6.00. The Kier molecular flexibility index (Phi) is 3.35. The monoisotopic (exact) mass is 172 g/mol. The van der Waals surface area contributed by atoms with Crippen molar-refractivity contribution in [3.63, 3.8) is 0 Å². The maximum absolute atomic E-state index is 9.84. The maximum atomic E-state index is 9.84. The lowest BCUT2D eigenvalue weighted by Gasteiger charge is -1.94. The summed E-state index contributed by atoms with van der Waals surface area (Å²) in [7, 11) is -6.00. The van der Waals surface area contributed by atoms with E-state index in [2.05, 4.69) is 10.3 Å². The third-order valence-electron chi connectivity index (χ3n) is 0.433. The molecule has 1 N–H and O–H groups in total. The number of hydrogen-bond acceptors (Lipinski definition) is 2. The molecule has 0 atom stereocenters. The van der Waals surface area contributed by atoms with Crippen LogP contribution in [0.2, 0.25) is 0 Å². The highest BCUT2D eigenvalue weighted by molar-refractivity contribution is 6.50. The van der Waals surface area contributed by atoms with Gasteiger partial charge in [-0.25, -0.2) is 0 Å². The number of H-pyrrole nitrogens is 1. The topological polar surface area (TPSA) is 55.6 Å². The molecule has 0 fully saturated rings. The predicted octanol–water partition coefficient (Wildman–Crippen LogP) is 0.343. The molecule has 0 spiro atoms. The van der Waals surface area contributed by atoms with Gasteiger partial charge in [-0.05, 0) is 0 Å². The van der Waals surface area contributed by atoms with Crippen molar-refractivity contribution in [1.82, 2.24) is 10.3 Å². The summed E-state index contributed by atoms with van der Waals surface area (Å²) in [6.07, 6.45) is 2.73. The zero-order valence-corrected chi connectivity index (χ0v) is 5.05. The number of aromatic nitrogens is 3. The Bertz CT molecular complexity index is 180. The Morgan fingerprint density at radius 3 is 1.91 bits per heavy atom. The second-order valence-electron chi connectivity index (χ2n) is 1.34. The maximum Gasteiger partial charge on any atom is 0.673 e. The lowest BCUT2D eigenvalue weighted by molar-refractivity contribution is -0.668. The Labute approximate surface area is 58.5 Å². The molecule has 1 rings (SSSR count). The van der Waals surface area contributed by atoms with E-state index in [0.717, 1.165) is 0 Å². The number of halogens is 4. The molecule has 1 heterocycles. The molecule has 4 nitrogen and oxygen atoms in total. The number of hydrogen-bond donors (Lipinski definition) is 1. The zero-order chi connectivity index (χ0) is 8.91. The van der Waals surface area contributed by atoms with Crippen LogP contribution in [0, 0.1) is 5.21 Å². The minimum Gasteiger partial charge on any atom is -0.691 e. The summed E-state index contributed by atoms with van der Waals surface area (Å²) in [6, 6.07) is 0. The molecule has 64 valence electrons. The fraction of sp³-hybridized carbons (Fsp3) is 0. The van der Waals surface area contributed by atoms with E-state index in [1.54, 1.807) is 0 Å². The summed E-state index contributed by atoms with van der Waals surface area (Å²) in [5.74, 6) is 0. The van der Waals surface area contributed by atoms with Crippen LogP contribution in [0.4, 0.5) is 17.3 Å². The van der Waals surface area contributed by atoms with Crippen molar-refractivity contribution in [3.8, 4) is 0 Å². The first-order valence-electron chi connectivity index (χ1n) is 2.36. The van der Waals surface area contributed by atoms with Gasteiger partial charge in [0.15, 0.2) is 12.4 Å². The van der Waals surface area contributed by atoms with Gasteiger partial charge in [0.2, 0.25) is 0 Å². The van der Waals surface area contributed by atoms with Gasteiger partial charge in [0, 0.05) is 0 Å². The Morgan fingerprint density at radius 1 is 1.36 bits per heavy atom. The SMILES string of the molecule is F[B-](F)(F)F.[O-][n+]1cc[nH]n1. The molecule has 0 bridgehead atoms. The van der Waals surface area contributed by atoms with E-state index < -0.39 is 7.25 Å². The minimum absolute atomic E-state index is 0.444. The van der Waals surface area contributed by atoms with E-state index in [9.17, 15) is 22.5 Å². The number of nitrogens with zero attached hydrogens (tertiary/aromatic N) is 2. The predicted molar refractivity (Wildman–Crippen MR) is 27.7 cm³/mol. The largest absolute Gasteiger partial charge is 0.691 e. The first kappa shape index (κ1) is 9.72. The standard InChI is InChI=1S/C2H3N3O.BF4/c6-5-2-1-3-4-5;2-1(3,4)5/h1-3H;/q;-1. The molecule has 0 unspecified atom stereocenters. The van der Waals surface area contributed by atoms with Gasteiger partial charge in [0.05, 0.1) is 5.21 Å². The van der Waals surface area contributed by atoms with Crippen molar-refractivity contribution in [2.75, 3.05) is 0 Å². The van der Waals surface area contributed by atoms with Crippen LogP contribution < -0.4 is 4.85 Å². The van der Waals surface area contributed by atoms with Crippen molar-refractivity contribution >= 4 is 7.25 Å². The van der Waals surface area contributed by atoms with Gasteiger partial charge in [0.25, 0.3) is 0 Å². The van der Waals surface area contributed by atoms with Crippen molar-refractivity contribution in [3.05, 3.63) is 17.6 Å². The van der Waals surface area contributed by atoms with E-state index in [0.29, 0.717) is 4.85 Å².